The zero-order chi connectivity index (χ0) is 74.6. The van der Waals surface area contributed by atoms with E-state index in [-0.39, 0.29) is 25.7 Å². The van der Waals surface area contributed by atoms with Crippen LogP contribution in [0.1, 0.15) is 272 Å². The van der Waals surface area contributed by atoms with Crippen LogP contribution in [-0.4, -0.2) is 96.7 Å². The van der Waals surface area contributed by atoms with Gasteiger partial charge in [-0.15, -0.1) is 0 Å². The Labute approximate surface area is 616 Å². The Morgan fingerprint density at radius 2 is 0.529 bits per heavy atom. The van der Waals surface area contributed by atoms with Crippen molar-refractivity contribution in [2.45, 2.75) is 290 Å². The van der Waals surface area contributed by atoms with Crippen molar-refractivity contribution in [2.24, 2.45) is 0 Å². The molecule has 0 aromatic rings. The van der Waals surface area contributed by atoms with E-state index in [2.05, 4.69) is 180 Å². The third-order valence-corrected chi connectivity index (χ3v) is 17.1. The minimum atomic E-state index is -5.01. The highest BCUT2D eigenvalue weighted by atomic mass is 31.2. The zero-order valence-electron chi connectivity index (χ0n) is 63.0. The van der Waals surface area contributed by atoms with Gasteiger partial charge in [0.1, 0.15) is 19.3 Å². The van der Waals surface area contributed by atoms with Crippen molar-refractivity contribution < 1.29 is 80.2 Å². The number of phosphoric acid groups is 2. The first-order valence-corrected chi connectivity index (χ1v) is 41.4. The first-order valence-electron chi connectivity index (χ1n) is 38.4. The summed E-state index contributed by atoms with van der Waals surface area (Å²) in [6.45, 7) is 4.32. The molecule has 0 aromatic carbocycles. The second-order valence-electron chi connectivity index (χ2n) is 24.8. The molecular formula is C83H134O17P2. The van der Waals surface area contributed by atoms with Crippen LogP contribution in [0.2, 0.25) is 0 Å². The second kappa shape index (κ2) is 73.7. The van der Waals surface area contributed by atoms with E-state index in [1.807, 2.05) is 18.2 Å². The standard InChI is InChI=1S/C83H134O17P2/c1-5-9-13-17-21-25-29-32-35-37-38-40-43-45-49-52-56-60-64-68-81(86)94-74-79(100-83(88)70-66-62-58-54-50-46-41-34-31-27-23-19-15-11-7-3)76-98-102(91,92)96-72-77(84)71-95-101(89,90)97-75-78(99-82(87)69-65-61-57-53-47-28-24-20-16-12-8-4)73-93-80(85)67-63-59-55-51-48-44-42-39-36-33-30-26-22-18-14-10-6-2/h9-11,13-15,20-27,32-36,38,40-42,44-45,49,56,60,77-79,84H,5-8,12,16-19,28-31,37,39,43,46-48,50-55,57-59,61-76H2,1-4H3,(H,89,90)(H,91,92)/b13-9-,14-10-,15-11-,24-20-,25-21-,26-22-,27-23-,35-32-,36-33-,40-38-,41-34-,44-42-,49-45-,60-56-. The lowest BCUT2D eigenvalue weighted by atomic mass is 10.1. The van der Waals surface area contributed by atoms with Crippen LogP contribution in [0.25, 0.3) is 0 Å². The summed E-state index contributed by atoms with van der Waals surface area (Å²) >= 11 is 0. The monoisotopic (exact) mass is 1460 g/mol. The predicted molar refractivity (Wildman–Crippen MR) is 417 cm³/mol. The molecule has 5 unspecified atom stereocenters. The maximum absolute atomic E-state index is 13.1. The van der Waals surface area contributed by atoms with Gasteiger partial charge >= 0.3 is 39.5 Å². The van der Waals surface area contributed by atoms with Crippen molar-refractivity contribution in [1.29, 1.82) is 0 Å². The molecular weight excluding hydrogens is 1330 g/mol. The van der Waals surface area contributed by atoms with Crippen molar-refractivity contribution in [1.82, 2.24) is 0 Å². The minimum absolute atomic E-state index is 0.0259. The maximum atomic E-state index is 13.1. The highest BCUT2D eigenvalue weighted by Crippen LogP contribution is 2.45. The molecule has 0 saturated carbocycles. The van der Waals surface area contributed by atoms with Crippen molar-refractivity contribution in [3.63, 3.8) is 0 Å². The molecule has 5 atom stereocenters. The molecule has 3 N–H and O–H groups in total. The van der Waals surface area contributed by atoms with Crippen molar-refractivity contribution in [3.05, 3.63) is 170 Å². The summed E-state index contributed by atoms with van der Waals surface area (Å²) in [5.74, 6) is -2.34. The zero-order valence-corrected chi connectivity index (χ0v) is 64.8. The minimum Gasteiger partial charge on any atom is -0.462 e. The van der Waals surface area contributed by atoms with Crippen LogP contribution < -0.4 is 0 Å². The Hall–Kier alpha value is -5.58. The fraction of sp³-hybridized carbons (Fsp3) is 0.614. The summed E-state index contributed by atoms with van der Waals surface area (Å²) in [5, 5.41) is 10.6. The summed E-state index contributed by atoms with van der Waals surface area (Å²) in [6.07, 6.45) is 86.5. The fourth-order valence-corrected chi connectivity index (χ4v) is 11.0. The molecule has 0 saturated heterocycles. The number of carbonyl (C=O) groups excluding carboxylic acids is 4. The summed E-state index contributed by atoms with van der Waals surface area (Å²) in [7, 11) is -10.00. The fourth-order valence-electron chi connectivity index (χ4n) is 9.41. The number of aliphatic hydroxyl groups excluding tert-OH is 1. The first kappa shape index (κ1) is 96.4. The average Bonchev–Trinajstić information content (AvgIpc) is 0.939. The van der Waals surface area contributed by atoms with Gasteiger partial charge in [-0.3, -0.25) is 37.3 Å². The Kier molecular flexibility index (Phi) is 69.7. The summed E-state index contributed by atoms with van der Waals surface area (Å²) in [6, 6.07) is 0. The summed E-state index contributed by atoms with van der Waals surface area (Å²) < 4.78 is 68.3. The summed E-state index contributed by atoms with van der Waals surface area (Å²) in [4.78, 5) is 72.8. The number of allylic oxidation sites excluding steroid dienone is 28. The van der Waals surface area contributed by atoms with Crippen LogP contribution in [-0.2, 0) is 65.4 Å². The highest BCUT2D eigenvalue weighted by Gasteiger charge is 2.30. The smallest absolute Gasteiger partial charge is 0.462 e. The van der Waals surface area contributed by atoms with Crippen molar-refractivity contribution >= 4 is 39.5 Å². The Morgan fingerprint density at radius 3 is 0.853 bits per heavy atom. The van der Waals surface area contributed by atoms with Crippen LogP contribution in [0, 0.1) is 0 Å². The molecule has 0 amide bonds. The van der Waals surface area contributed by atoms with Gasteiger partial charge in [-0.25, -0.2) is 9.13 Å². The number of aliphatic hydroxyl groups is 1. The topological polar surface area (TPSA) is 237 Å². The quantitative estimate of drug-likeness (QED) is 0.0169. The molecule has 0 fully saturated rings. The average molecular weight is 1470 g/mol. The third kappa shape index (κ3) is 72.8. The van der Waals surface area contributed by atoms with Gasteiger partial charge in [0.2, 0.25) is 0 Å². The van der Waals surface area contributed by atoms with Crippen LogP contribution in [0.15, 0.2) is 170 Å². The maximum Gasteiger partial charge on any atom is 0.472 e. The van der Waals surface area contributed by atoms with E-state index in [4.69, 9.17) is 37.0 Å². The molecule has 0 rings (SSSR count). The van der Waals surface area contributed by atoms with Gasteiger partial charge in [0.25, 0.3) is 0 Å². The largest absolute Gasteiger partial charge is 0.472 e. The molecule has 0 bridgehead atoms. The molecule has 102 heavy (non-hydrogen) atoms. The molecule has 17 nitrogen and oxygen atoms in total. The van der Waals surface area contributed by atoms with E-state index in [0.29, 0.717) is 32.1 Å². The van der Waals surface area contributed by atoms with Gasteiger partial charge in [-0.1, -0.05) is 262 Å². The van der Waals surface area contributed by atoms with Gasteiger partial charge in [0.15, 0.2) is 12.2 Å². The predicted octanol–water partition coefficient (Wildman–Crippen LogP) is 22.2. The van der Waals surface area contributed by atoms with Gasteiger partial charge in [0, 0.05) is 25.7 Å². The molecule has 578 valence electrons. The first-order chi connectivity index (χ1) is 49.7. The molecule has 0 radical (unpaired) electrons. The van der Waals surface area contributed by atoms with Gasteiger partial charge < -0.3 is 33.8 Å². The Morgan fingerprint density at radius 1 is 0.284 bits per heavy atom. The van der Waals surface area contributed by atoms with E-state index < -0.39 is 97.5 Å². The van der Waals surface area contributed by atoms with Crippen LogP contribution in [0.4, 0.5) is 0 Å². The van der Waals surface area contributed by atoms with E-state index in [1.165, 1.54) is 12.8 Å². The number of carbonyl (C=O) groups is 4. The highest BCUT2D eigenvalue weighted by molar-refractivity contribution is 7.47. The van der Waals surface area contributed by atoms with Crippen LogP contribution in [0.3, 0.4) is 0 Å². The molecule has 0 spiro atoms. The number of hydrogen-bond acceptors (Lipinski definition) is 15. The lowest BCUT2D eigenvalue weighted by Crippen LogP contribution is -2.30. The number of rotatable bonds is 70. The van der Waals surface area contributed by atoms with Crippen molar-refractivity contribution in [3.8, 4) is 0 Å². The Bertz CT molecular complexity index is 2600. The van der Waals surface area contributed by atoms with Crippen molar-refractivity contribution in [2.75, 3.05) is 39.6 Å². The van der Waals surface area contributed by atoms with Gasteiger partial charge in [-0.05, 0) is 154 Å². The lowest BCUT2D eigenvalue weighted by molar-refractivity contribution is -0.161. The number of unbranched alkanes of at least 4 members (excludes halogenated alkanes) is 16. The molecule has 0 aliphatic carbocycles. The van der Waals surface area contributed by atoms with Gasteiger partial charge in [0.05, 0.1) is 26.4 Å². The summed E-state index contributed by atoms with van der Waals surface area (Å²) in [5.41, 5.74) is 0. The second-order valence-corrected chi connectivity index (χ2v) is 27.7. The molecule has 0 aromatic heterocycles. The van der Waals surface area contributed by atoms with Gasteiger partial charge in [-0.2, -0.15) is 0 Å². The van der Waals surface area contributed by atoms with Crippen LogP contribution in [0.5, 0.6) is 0 Å². The number of hydrogen-bond donors (Lipinski definition) is 3. The SMILES string of the molecule is CC/C=C\C/C=C\C/C=C\C/C=C\C/C=C\C/C=C\CCC(=O)OCC(COP(=O)(O)OCC(O)COP(=O)(O)OCC(COC(=O)CCCCCC/C=C\C/C=C\C/C=C\C/C=C\CC)OC(=O)CCCCCCC/C=C\CCCC)OC(=O)CCCCCCC/C=C\C/C=C\C/C=C\CC. The lowest BCUT2D eigenvalue weighted by Gasteiger charge is -2.21. The number of esters is 4. The number of ether oxygens (including phenoxy) is 4. The molecule has 0 heterocycles. The third-order valence-electron chi connectivity index (χ3n) is 15.2. The molecule has 0 aliphatic rings. The molecule has 19 heteroatoms. The van der Waals surface area contributed by atoms with E-state index in [1.54, 1.807) is 0 Å². The molecule has 0 aliphatic heterocycles. The van der Waals surface area contributed by atoms with Crippen LogP contribution >= 0.6 is 15.6 Å². The van der Waals surface area contributed by atoms with E-state index in [9.17, 15) is 43.2 Å². The van der Waals surface area contributed by atoms with E-state index >= 15 is 0 Å². The normalized spacial score (nSPS) is 14.9. The Balaban J connectivity index is 5.44. The number of phosphoric ester groups is 2. The van der Waals surface area contributed by atoms with E-state index in [0.717, 1.165) is 173 Å².